The minimum absolute atomic E-state index is 0.310. The number of benzene rings is 3. The van der Waals surface area contributed by atoms with Crippen LogP contribution in [0.4, 0.5) is 16.2 Å². The predicted molar refractivity (Wildman–Crippen MR) is 106 cm³/mol. The van der Waals surface area contributed by atoms with Gasteiger partial charge in [-0.1, -0.05) is 42.5 Å². The van der Waals surface area contributed by atoms with Crippen molar-refractivity contribution in [2.45, 2.75) is 6.54 Å². The molecule has 3 aromatic carbocycles. The molecule has 0 unspecified atom stereocenters. The number of anilines is 2. The van der Waals surface area contributed by atoms with E-state index in [0.717, 1.165) is 5.56 Å². The Balaban J connectivity index is 1.40. The predicted octanol–water partition coefficient (Wildman–Crippen LogP) is 3.81. The highest BCUT2D eigenvalue weighted by Gasteiger charge is 2.36. The van der Waals surface area contributed by atoms with Crippen LogP contribution in [0.1, 0.15) is 26.3 Å². The van der Waals surface area contributed by atoms with Crippen LogP contribution in [-0.2, 0) is 6.54 Å². The molecule has 0 spiro atoms. The Morgan fingerprint density at radius 1 is 0.750 bits per heavy atom. The SMILES string of the molecule is O=C(NCc1ccc(N2C(=O)c3ccccc3C2=O)cc1)Nc1ccccc1. The number of fused-ring (bicyclic) bond motifs is 1. The van der Waals surface area contributed by atoms with Gasteiger partial charge in [0, 0.05) is 12.2 Å². The van der Waals surface area contributed by atoms with Crippen molar-refractivity contribution >= 4 is 29.2 Å². The molecule has 0 aliphatic carbocycles. The lowest BCUT2D eigenvalue weighted by Gasteiger charge is -2.14. The first-order chi connectivity index (χ1) is 13.6. The average molecular weight is 371 g/mol. The third kappa shape index (κ3) is 3.35. The standard InChI is InChI=1S/C22H17N3O3/c26-20-18-8-4-5-9-19(18)21(27)25(20)17-12-10-15(11-13-17)14-23-22(28)24-16-6-2-1-3-7-16/h1-13H,14H2,(H2,23,24,28). The molecule has 4 amide bonds. The molecule has 1 heterocycles. The summed E-state index contributed by atoms with van der Waals surface area (Å²) >= 11 is 0. The average Bonchev–Trinajstić information content (AvgIpc) is 2.98. The third-order valence-electron chi connectivity index (χ3n) is 4.47. The minimum atomic E-state index is -0.325. The van der Waals surface area contributed by atoms with Crippen LogP contribution in [0.3, 0.4) is 0 Å². The molecule has 0 radical (unpaired) electrons. The van der Waals surface area contributed by atoms with E-state index < -0.39 is 0 Å². The second-order valence-corrected chi connectivity index (χ2v) is 6.33. The van der Waals surface area contributed by atoms with Crippen LogP contribution in [0, 0.1) is 0 Å². The summed E-state index contributed by atoms with van der Waals surface area (Å²) in [6.45, 7) is 0.321. The van der Waals surface area contributed by atoms with E-state index in [1.54, 1.807) is 60.7 Å². The smallest absolute Gasteiger partial charge is 0.319 e. The van der Waals surface area contributed by atoms with Crippen LogP contribution < -0.4 is 15.5 Å². The van der Waals surface area contributed by atoms with Crippen LogP contribution in [0.2, 0.25) is 0 Å². The number of carbonyl (C=O) groups excluding carboxylic acids is 3. The van der Waals surface area contributed by atoms with Crippen LogP contribution >= 0.6 is 0 Å². The van der Waals surface area contributed by atoms with Gasteiger partial charge in [0.15, 0.2) is 0 Å². The Hall–Kier alpha value is -3.93. The van der Waals surface area contributed by atoms with Crippen molar-refractivity contribution in [3.63, 3.8) is 0 Å². The molecule has 28 heavy (non-hydrogen) atoms. The lowest BCUT2D eigenvalue weighted by atomic mass is 10.1. The second-order valence-electron chi connectivity index (χ2n) is 6.33. The quantitative estimate of drug-likeness (QED) is 0.685. The summed E-state index contributed by atoms with van der Waals surface area (Å²) in [6, 6.07) is 22.6. The molecule has 0 bridgehead atoms. The molecule has 138 valence electrons. The van der Waals surface area contributed by atoms with Crippen molar-refractivity contribution < 1.29 is 14.4 Å². The number of nitrogens with zero attached hydrogens (tertiary/aromatic N) is 1. The molecule has 1 aliphatic heterocycles. The van der Waals surface area contributed by atoms with Gasteiger partial charge in [0.25, 0.3) is 11.8 Å². The first kappa shape index (κ1) is 17.5. The Labute approximate surface area is 161 Å². The van der Waals surface area contributed by atoms with Crippen molar-refractivity contribution in [3.8, 4) is 0 Å². The topological polar surface area (TPSA) is 78.5 Å². The van der Waals surface area contributed by atoms with Crippen LogP contribution in [0.15, 0.2) is 78.9 Å². The van der Waals surface area contributed by atoms with E-state index in [0.29, 0.717) is 29.0 Å². The van der Waals surface area contributed by atoms with Crippen LogP contribution in [0.25, 0.3) is 0 Å². The van der Waals surface area contributed by atoms with E-state index in [1.165, 1.54) is 4.90 Å². The molecule has 0 saturated carbocycles. The van der Waals surface area contributed by atoms with Gasteiger partial charge in [-0.05, 0) is 42.0 Å². The lowest BCUT2D eigenvalue weighted by Crippen LogP contribution is -2.29. The highest BCUT2D eigenvalue weighted by atomic mass is 16.2. The van der Waals surface area contributed by atoms with Gasteiger partial charge in [-0.25, -0.2) is 9.69 Å². The number of para-hydroxylation sites is 1. The number of nitrogens with one attached hydrogen (secondary N) is 2. The normalized spacial score (nSPS) is 12.6. The maximum atomic E-state index is 12.5. The highest BCUT2D eigenvalue weighted by molar-refractivity contribution is 6.34. The molecule has 3 aromatic rings. The van der Waals surface area contributed by atoms with Crippen molar-refractivity contribution in [2.24, 2.45) is 0 Å². The molecule has 6 nitrogen and oxygen atoms in total. The monoisotopic (exact) mass is 371 g/mol. The van der Waals surface area contributed by atoms with Gasteiger partial charge in [0.05, 0.1) is 16.8 Å². The molecule has 0 atom stereocenters. The number of hydrogen-bond acceptors (Lipinski definition) is 3. The number of carbonyl (C=O) groups is 3. The zero-order chi connectivity index (χ0) is 19.5. The summed E-state index contributed by atoms with van der Waals surface area (Å²) in [5.74, 6) is -0.651. The molecule has 6 heteroatoms. The summed E-state index contributed by atoms with van der Waals surface area (Å²) in [4.78, 5) is 38.2. The van der Waals surface area contributed by atoms with Gasteiger partial charge in [0.1, 0.15) is 0 Å². The van der Waals surface area contributed by atoms with Crippen molar-refractivity contribution in [2.75, 3.05) is 10.2 Å². The molecule has 2 N–H and O–H groups in total. The number of imide groups is 1. The van der Waals surface area contributed by atoms with Gasteiger partial charge in [-0.3, -0.25) is 9.59 Å². The maximum absolute atomic E-state index is 12.5. The summed E-state index contributed by atoms with van der Waals surface area (Å²) in [5, 5.41) is 5.51. The van der Waals surface area contributed by atoms with Gasteiger partial charge < -0.3 is 10.6 Å². The Morgan fingerprint density at radius 3 is 1.93 bits per heavy atom. The zero-order valence-corrected chi connectivity index (χ0v) is 14.9. The van der Waals surface area contributed by atoms with Gasteiger partial charge in [0.2, 0.25) is 0 Å². The van der Waals surface area contributed by atoms with Crippen molar-refractivity contribution in [1.29, 1.82) is 0 Å². The van der Waals surface area contributed by atoms with Crippen LogP contribution in [0.5, 0.6) is 0 Å². The molecular weight excluding hydrogens is 354 g/mol. The van der Waals surface area contributed by atoms with E-state index in [2.05, 4.69) is 10.6 Å². The first-order valence-corrected chi connectivity index (χ1v) is 8.80. The minimum Gasteiger partial charge on any atom is -0.334 e. The van der Waals surface area contributed by atoms with E-state index in [4.69, 9.17) is 0 Å². The fourth-order valence-electron chi connectivity index (χ4n) is 3.07. The molecule has 0 saturated heterocycles. The molecule has 0 fully saturated rings. The van der Waals surface area contributed by atoms with Gasteiger partial charge in [-0.2, -0.15) is 0 Å². The number of amides is 4. The highest BCUT2D eigenvalue weighted by Crippen LogP contribution is 2.28. The van der Waals surface area contributed by atoms with Crippen molar-refractivity contribution in [3.05, 3.63) is 95.6 Å². The largest absolute Gasteiger partial charge is 0.334 e. The summed E-state index contributed by atoms with van der Waals surface area (Å²) < 4.78 is 0. The fourth-order valence-corrected chi connectivity index (χ4v) is 3.07. The molecule has 0 aromatic heterocycles. The zero-order valence-electron chi connectivity index (χ0n) is 14.9. The Morgan fingerprint density at radius 2 is 1.32 bits per heavy atom. The molecule has 4 rings (SSSR count). The van der Waals surface area contributed by atoms with E-state index in [1.807, 2.05) is 18.2 Å². The number of urea groups is 1. The van der Waals surface area contributed by atoms with Crippen LogP contribution in [-0.4, -0.2) is 17.8 Å². The summed E-state index contributed by atoms with van der Waals surface area (Å²) in [5.41, 5.74) is 2.89. The van der Waals surface area contributed by atoms with Gasteiger partial charge >= 0.3 is 6.03 Å². The Kier molecular flexibility index (Phi) is 4.60. The fraction of sp³-hybridized carbons (Fsp3) is 0.0455. The summed E-state index contributed by atoms with van der Waals surface area (Å²) in [6.07, 6.45) is 0. The lowest BCUT2D eigenvalue weighted by molar-refractivity contribution is 0.0926. The first-order valence-electron chi connectivity index (χ1n) is 8.80. The number of hydrogen-bond donors (Lipinski definition) is 2. The van der Waals surface area contributed by atoms with Gasteiger partial charge in [-0.15, -0.1) is 0 Å². The molecule has 1 aliphatic rings. The van der Waals surface area contributed by atoms with E-state index >= 15 is 0 Å². The van der Waals surface area contributed by atoms with Crippen molar-refractivity contribution in [1.82, 2.24) is 5.32 Å². The second kappa shape index (κ2) is 7.36. The van der Waals surface area contributed by atoms with E-state index in [9.17, 15) is 14.4 Å². The number of rotatable bonds is 4. The summed E-state index contributed by atoms with van der Waals surface area (Å²) in [7, 11) is 0. The van der Waals surface area contributed by atoms with E-state index in [-0.39, 0.29) is 17.8 Å². The maximum Gasteiger partial charge on any atom is 0.319 e. The Bertz CT molecular complexity index is 1010. The molecular formula is C22H17N3O3. The third-order valence-corrected chi connectivity index (χ3v) is 4.47.